The fourth-order valence-corrected chi connectivity index (χ4v) is 6.62. The van der Waals surface area contributed by atoms with Crippen LogP contribution in [0.5, 0.6) is 0 Å². The number of nitrogens with zero attached hydrogens (tertiary/aromatic N) is 3. The zero-order chi connectivity index (χ0) is 22.8. The summed E-state index contributed by atoms with van der Waals surface area (Å²) < 4.78 is 8.31. The Bertz CT molecular complexity index is 1080. The number of anilines is 2. The molecule has 5 nitrogen and oxygen atoms in total. The predicted octanol–water partition coefficient (Wildman–Crippen LogP) is 8.31. The van der Waals surface area contributed by atoms with Gasteiger partial charge in [-0.1, -0.05) is 31.5 Å². The molecule has 9 heteroatoms. The zero-order valence-electron chi connectivity index (χ0n) is 18.7. The van der Waals surface area contributed by atoms with Crippen molar-refractivity contribution in [2.75, 3.05) is 11.6 Å². The number of ether oxygens (including phenoxy) is 1. The SMILES string of the molecule is CC.CSc1cc(C2CCC(C)(C)O2)ccc1Nc1cc(Cl)nc2c1nc(C)n2PI. The largest absolute Gasteiger partial charge is 0.368 e. The molecule has 1 aliphatic rings. The number of hydrogen-bond acceptors (Lipinski definition) is 5. The molecule has 0 spiro atoms. The summed E-state index contributed by atoms with van der Waals surface area (Å²) in [7, 11) is 0. The van der Waals surface area contributed by atoms with E-state index in [1.54, 1.807) is 11.8 Å². The molecule has 3 aromatic rings. The van der Waals surface area contributed by atoms with E-state index in [9.17, 15) is 0 Å². The molecule has 4 rings (SSSR count). The van der Waals surface area contributed by atoms with Crippen molar-refractivity contribution >= 4 is 74.3 Å². The predicted molar refractivity (Wildman–Crippen MR) is 145 cm³/mol. The second kappa shape index (κ2) is 10.6. The number of aromatic nitrogens is 3. The van der Waals surface area contributed by atoms with E-state index in [-0.39, 0.29) is 11.7 Å². The summed E-state index contributed by atoms with van der Waals surface area (Å²) in [6.45, 7) is 10.3. The summed E-state index contributed by atoms with van der Waals surface area (Å²) in [5, 5.41) is 4.00. The quantitative estimate of drug-likeness (QED) is 0.140. The monoisotopic (exact) mass is 590 g/mol. The van der Waals surface area contributed by atoms with Gasteiger partial charge in [0.1, 0.15) is 16.5 Å². The van der Waals surface area contributed by atoms with Gasteiger partial charge in [0.05, 0.1) is 29.5 Å². The summed E-state index contributed by atoms with van der Waals surface area (Å²) in [6, 6.07) is 8.36. The lowest BCUT2D eigenvalue weighted by Crippen LogP contribution is -2.17. The Hall–Kier alpha value is -0.600. The van der Waals surface area contributed by atoms with Crippen LogP contribution in [0.25, 0.3) is 11.2 Å². The molecule has 0 saturated carbocycles. The number of aryl methyl sites for hydroxylation is 1. The molecule has 1 N–H and O–H groups in total. The van der Waals surface area contributed by atoms with Gasteiger partial charge in [-0.25, -0.2) is 9.97 Å². The molecule has 1 saturated heterocycles. The van der Waals surface area contributed by atoms with Crippen LogP contribution in [0.15, 0.2) is 29.2 Å². The lowest BCUT2D eigenvalue weighted by molar-refractivity contribution is -0.0164. The molecule has 0 bridgehead atoms. The Balaban J connectivity index is 0.00000132. The highest BCUT2D eigenvalue weighted by Crippen LogP contribution is 2.42. The topological polar surface area (TPSA) is 52.0 Å². The van der Waals surface area contributed by atoms with Crippen LogP contribution in [-0.2, 0) is 4.74 Å². The fraction of sp³-hybridized carbons (Fsp3) is 0.455. The Kier molecular flexibility index (Phi) is 8.52. The van der Waals surface area contributed by atoms with Crippen molar-refractivity contribution < 1.29 is 4.74 Å². The smallest absolute Gasteiger partial charge is 0.167 e. The maximum absolute atomic E-state index is 6.33. The first-order chi connectivity index (χ1) is 14.8. The van der Waals surface area contributed by atoms with Crippen molar-refractivity contribution in [3.05, 3.63) is 40.8 Å². The van der Waals surface area contributed by atoms with Crippen LogP contribution in [-0.4, -0.2) is 26.2 Å². The Labute approximate surface area is 208 Å². The number of rotatable bonds is 5. The molecule has 0 radical (unpaired) electrons. The maximum Gasteiger partial charge on any atom is 0.167 e. The highest BCUT2D eigenvalue weighted by Gasteiger charge is 2.32. The fourth-order valence-electron chi connectivity index (χ4n) is 3.69. The van der Waals surface area contributed by atoms with E-state index >= 15 is 0 Å². The molecule has 2 atom stereocenters. The first-order valence-corrected chi connectivity index (χ1v) is 16.0. The second-order valence-corrected chi connectivity index (χ2v) is 11.0. The molecule has 0 amide bonds. The van der Waals surface area contributed by atoms with Gasteiger partial charge in [0, 0.05) is 11.0 Å². The summed E-state index contributed by atoms with van der Waals surface area (Å²) in [5.74, 6) is 0.937. The van der Waals surface area contributed by atoms with E-state index in [2.05, 4.69) is 75.0 Å². The summed E-state index contributed by atoms with van der Waals surface area (Å²) in [4.78, 5) is 10.4. The number of benzene rings is 1. The van der Waals surface area contributed by atoms with Crippen LogP contribution in [0.4, 0.5) is 11.4 Å². The van der Waals surface area contributed by atoms with Crippen LogP contribution in [0.3, 0.4) is 0 Å². The Morgan fingerprint density at radius 2 is 2.00 bits per heavy atom. The average molecular weight is 591 g/mol. The van der Waals surface area contributed by atoms with Crippen LogP contribution < -0.4 is 5.32 Å². The second-order valence-electron chi connectivity index (χ2n) is 7.73. The average Bonchev–Trinajstić information content (AvgIpc) is 3.27. The molecule has 2 aromatic heterocycles. The van der Waals surface area contributed by atoms with Crippen LogP contribution in [0.1, 0.15) is 58.0 Å². The first-order valence-electron chi connectivity index (χ1n) is 10.4. The van der Waals surface area contributed by atoms with Gasteiger partial charge in [-0.15, -0.1) is 11.8 Å². The minimum Gasteiger partial charge on any atom is -0.368 e. The van der Waals surface area contributed by atoms with E-state index in [1.165, 1.54) is 10.5 Å². The van der Waals surface area contributed by atoms with Gasteiger partial charge in [0.25, 0.3) is 0 Å². The van der Waals surface area contributed by atoms with Crippen molar-refractivity contribution in [2.45, 2.75) is 64.1 Å². The van der Waals surface area contributed by atoms with E-state index in [1.807, 2.05) is 26.8 Å². The van der Waals surface area contributed by atoms with Crippen molar-refractivity contribution in [1.29, 1.82) is 0 Å². The van der Waals surface area contributed by atoms with Crippen molar-refractivity contribution in [3.63, 3.8) is 0 Å². The van der Waals surface area contributed by atoms with Gasteiger partial charge in [-0.2, -0.15) is 0 Å². The van der Waals surface area contributed by atoms with Gasteiger partial charge < -0.3 is 10.1 Å². The van der Waals surface area contributed by atoms with E-state index in [0.717, 1.165) is 41.2 Å². The number of fused-ring (bicyclic) bond motifs is 1. The molecule has 2 unspecified atom stereocenters. The Morgan fingerprint density at radius 3 is 2.61 bits per heavy atom. The molecule has 168 valence electrons. The molecule has 1 aliphatic heterocycles. The molecule has 3 heterocycles. The van der Waals surface area contributed by atoms with Crippen molar-refractivity contribution in [3.8, 4) is 0 Å². The summed E-state index contributed by atoms with van der Waals surface area (Å²) >= 11 is 10.4. The third-order valence-electron chi connectivity index (χ3n) is 5.17. The van der Waals surface area contributed by atoms with E-state index in [4.69, 9.17) is 21.3 Å². The lowest BCUT2D eigenvalue weighted by atomic mass is 10.0. The maximum atomic E-state index is 6.33. The number of hydrogen-bond donors (Lipinski definition) is 1. The van der Waals surface area contributed by atoms with E-state index in [0.29, 0.717) is 11.5 Å². The van der Waals surface area contributed by atoms with Crippen LogP contribution >= 0.6 is 51.8 Å². The highest BCUT2D eigenvalue weighted by molar-refractivity contribution is 14.2. The van der Waals surface area contributed by atoms with Gasteiger partial charge in [-0.05, 0) is 79.6 Å². The zero-order valence-corrected chi connectivity index (χ0v) is 23.4. The number of thioether (sulfide) groups is 1. The molecule has 1 fully saturated rings. The van der Waals surface area contributed by atoms with E-state index < -0.39 is 0 Å². The lowest BCUT2D eigenvalue weighted by Gasteiger charge is -2.20. The van der Waals surface area contributed by atoms with Gasteiger partial charge >= 0.3 is 0 Å². The molecular formula is C22H29ClIN4OPS. The third kappa shape index (κ3) is 5.49. The van der Waals surface area contributed by atoms with Crippen LogP contribution in [0, 0.1) is 6.92 Å². The number of nitrogens with one attached hydrogen (secondary N) is 1. The number of imidazole rings is 1. The summed E-state index contributed by atoms with van der Waals surface area (Å²) in [5.41, 5.74) is 4.75. The highest BCUT2D eigenvalue weighted by atomic mass is 127. The minimum absolute atomic E-state index is 0.0451. The third-order valence-corrected chi connectivity index (χ3v) is 8.30. The summed E-state index contributed by atoms with van der Waals surface area (Å²) in [6.07, 6.45) is 4.91. The normalized spacial score (nSPS) is 17.9. The van der Waals surface area contributed by atoms with Gasteiger partial charge in [-0.3, -0.25) is 4.34 Å². The van der Waals surface area contributed by atoms with Gasteiger partial charge in [0.15, 0.2) is 5.65 Å². The van der Waals surface area contributed by atoms with Gasteiger partial charge in [0.2, 0.25) is 0 Å². The minimum atomic E-state index is -0.0451. The molecule has 31 heavy (non-hydrogen) atoms. The number of halogens is 2. The first kappa shape index (κ1) is 25.0. The standard InChI is InChI=1S/C20H23ClIN4OPS.C2H6/c1-11-23-18-14(10-17(21)25-19(18)26(11)28-22)24-13-6-5-12(9-16(13)29-4)15-7-8-20(2,3)27-15;1-2/h5-6,9-10,15,28H,7-8H2,1-4H3,(H,24,25);1-2H3. The molecular weight excluding hydrogens is 562 g/mol. The molecule has 0 aliphatic carbocycles. The molecule has 1 aromatic carbocycles. The Morgan fingerprint density at radius 1 is 1.26 bits per heavy atom. The van der Waals surface area contributed by atoms with Crippen molar-refractivity contribution in [2.24, 2.45) is 0 Å². The van der Waals surface area contributed by atoms with Crippen LogP contribution in [0.2, 0.25) is 5.15 Å². The van der Waals surface area contributed by atoms with Crippen molar-refractivity contribution in [1.82, 2.24) is 14.3 Å². The number of pyridine rings is 1.